The zero-order chi connectivity index (χ0) is 23.4. The molecule has 0 amide bonds. The number of aliphatic imine (C=N–C) groups is 1. The number of carbonyl (C=O) groups is 2. The Morgan fingerprint density at radius 1 is 0.939 bits per heavy atom. The SMILES string of the molecule is COc1cc(/C=C2/N=C(c3cc(Cl)ccc3OC)OC2=O)ccc1OC(=O)c1ccccc1. The molecule has 4 rings (SSSR count). The Bertz CT molecular complexity index is 1280. The van der Waals surface area contributed by atoms with Gasteiger partial charge in [-0.05, 0) is 54.1 Å². The van der Waals surface area contributed by atoms with Gasteiger partial charge in [0.05, 0.1) is 25.3 Å². The molecule has 8 heteroatoms. The van der Waals surface area contributed by atoms with Crippen LogP contribution in [0.4, 0.5) is 0 Å². The lowest BCUT2D eigenvalue weighted by Crippen LogP contribution is -2.09. The van der Waals surface area contributed by atoms with E-state index in [2.05, 4.69) is 4.99 Å². The minimum atomic E-state index is -0.620. The molecule has 0 unspecified atom stereocenters. The van der Waals surface area contributed by atoms with Crippen molar-refractivity contribution in [2.75, 3.05) is 14.2 Å². The van der Waals surface area contributed by atoms with Crippen LogP contribution in [-0.2, 0) is 9.53 Å². The number of cyclic esters (lactones) is 1. The molecule has 7 nitrogen and oxygen atoms in total. The second kappa shape index (κ2) is 9.58. The normalized spacial score (nSPS) is 14.0. The molecular formula is C25H18ClNO6. The molecule has 1 heterocycles. The summed E-state index contributed by atoms with van der Waals surface area (Å²) in [5, 5.41) is 0.451. The van der Waals surface area contributed by atoms with Gasteiger partial charge in [0.1, 0.15) is 5.75 Å². The second-order valence-corrected chi connectivity index (χ2v) is 7.28. The first-order valence-corrected chi connectivity index (χ1v) is 10.2. The summed E-state index contributed by atoms with van der Waals surface area (Å²) < 4.78 is 21.4. The fourth-order valence-electron chi connectivity index (χ4n) is 3.12. The maximum absolute atomic E-state index is 12.4. The highest BCUT2D eigenvalue weighted by molar-refractivity contribution is 6.31. The highest BCUT2D eigenvalue weighted by Crippen LogP contribution is 2.31. The summed E-state index contributed by atoms with van der Waals surface area (Å²) in [6.07, 6.45) is 1.54. The van der Waals surface area contributed by atoms with Gasteiger partial charge in [-0.2, -0.15) is 0 Å². The minimum absolute atomic E-state index is 0.0862. The molecular weight excluding hydrogens is 446 g/mol. The van der Waals surface area contributed by atoms with Gasteiger partial charge in [0.25, 0.3) is 0 Å². The predicted molar refractivity (Wildman–Crippen MR) is 123 cm³/mol. The third-order valence-corrected chi connectivity index (χ3v) is 4.95. The topological polar surface area (TPSA) is 83.4 Å². The van der Waals surface area contributed by atoms with Crippen LogP contribution in [0, 0.1) is 0 Å². The van der Waals surface area contributed by atoms with E-state index in [1.807, 2.05) is 6.07 Å². The van der Waals surface area contributed by atoms with Crippen molar-refractivity contribution in [3.05, 3.63) is 94.1 Å². The van der Waals surface area contributed by atoms with Crippen LogP contribution in [0.1, 0.15) is 21.5 Å². The molecule has 0 spiro atoms. The van der Waals surface area contributed by atoms with E-state index in [0.717, 1.165) is 0 Å². The molecule has 0 fully saturated rings. The monoisotopic (exact) mass is 463 g/mol. The molecule has 1 aliphatic heterocycles. The summed E-state index contributed by atoms with van der Waals surface area (Å²) in [7, 11) is 2.96. The van der Waals surface area contributed by atoms with Crippen molar-refractivity contribution in [3.8, 4) is 17.2 Å². The van der Waals surface area contributed by atoms with Crippen LogP contribution in [0.25, 0.3) is 6.08 Å². The van der Waals surface area contributed by atoms with Crippen molar-refractivity contribution in [3.63, 3.8) is 0 Å². The van der Waals surface area contributed by atoms with Crippen LogP contribution in [0.5, 0.6) is 17.2 Å². The first-order chi connectivity index (χ1) is 16.0. The second-order valence-electron chi connectivity index (χ2n) is 6.85. The Kier molecular flexibility index (Phi) is 6.42. The Morgan fingerprint density at radius 2 is 1.67 bits per heavy atom. The Balaban J connectivity index is 1.61. The highest BCUT2D eigenvalue weighted by atomic mass is 35.5. The van der Waals surface area contributed by atoms with E-state index in [0.29, 0.717) is 33.2 Å². The minimum Gasteiger partial charge on any atom is -0.496 e. The fraction of sp³-hybridized carbons (Fsp3) is 0.0800. The van der Waals surface area contributed by atoms with Crippen LogP contribution in [-0.4, -0.2) is 32.1 Å². The molecule has 0 aliphatic carbocycles. The summed E-state index contributed by atoms with van der Waals surface area (Å²) >= 11 is 6.06. The molecule has 0 bridgehead atoms. The number of hydrogen-bond acceptors (Lipinski definition) is 7. The van der Waals surface area contributed by atoms with E-state index in [1.165, 1.54) is 20.3 Å². The molecule has 33 heavy (non-hydrogen) atoms. The van der Waals surface area contributed by atoms with Gasteiger partial charge >= 0.3 is 11.9 Å². The molecule has 3 aromatic rings. The van der Waals surface area contributed by atoms with E-state index >= 15 is 0 Å². The van der Waals surface area contributed by atoms with Gasteiger partial charge < -0.3 is 18.9 Å². The summed E-state index contributed by atoms with van der Waals surface area (Å²) in [4.78, 5) is 29.0. The van der Waals surface area contributed by atoms with Crippen molar-refractivity contribution in [1.82, 2.24) is 0 Å². The zero-order valence-electron chi connectivity index (χ0n) is 17.7. The molecule has 0 saturated carbocycles. The largest absolute Gasteiger partial charge is 0.496 e. The van der Waals surface area contributed by atoms with Gasteiger partial charge in [0, 0.05) is 5.02 Å². The molecule has 0 aromatic heterocycles. The van der Waals surface area contributed by atoms with E-state index < -0.39 is 11.9 Å². The lowest BCUT2D eigenvalue weighted by molar-refractivity contribution is -0.129. The first-order valence-electron chi connectivity index (χ1n) is 9.80. The summed E-state index contributed by atoms with van der Waals surface area (Å²) in [5.41, 5.74) is 1.56. The quantitative estimate of drug-likeness (QED) is 0.293. The lowest BCUT2D eigenvalue weighted by atomic mass is 10.1. The van der Waals surface area contributed by atoms with Crippen LogP contribution in [0.2, 0.25) is 5.02 Å². The van der Waals surface area contributed by atoms with E-state index in [9.17, 15) is 9.59 Å². The van der Waals surface area contributed by atoms with Gasteiger partial charge in [-0.25, -0.2) is 14.6 Å². The highest BCUT2D eigenvalue weighted by Gasteiger charge is 2.26. The average Bonchev–Trinajstić information content (AvgIpc) is 3.20. The molecule has 0 radical (unpaired) electrons. The van der Waals surface area contributed by atoms with Crippen LogP contribution < -0.4 is 14.2 Å². The maximum atomic E-state index is 12.4. The molecule has 166 valence electrons. The van der Waals surface area contributed by atoms with Gasteiger partial charge in [0.15, 0.2) is 17.2 Å². The third-order valence-electron chi connectivity index (χ3n) is 4.72. The first kappa shape index (κ1) is 22.1. The van der Waals surface area contributed by atoms with Crippen molar-refractivity contribution < 1.29 is 28.5 Å². The van der Waals surface area contributed by atoms with Gasteiger partial charge in [-0.3, -0.25) is 0 Å². The number of benzene rings is 3. The maximum Gasteiger partial charge on any atom is 0.363 e. The molecule has 3 aromatic carbocycles. The number of esters is 2. The van der Waals surface area contributed by atoms with Crippen molar-refractivity contribution in [1.29, 1.82) is 0 Å². The number of hydrogen-bond donors (Lipinski definition) is 0. The van der Waals surface area contributed by atoms with Crippen molar-refractivity contribution >= 4 is 35.5 Å². The van der Waals surface area contributed by atoms with Crippen molar-refractivity contribution in [2.24, 2.45) is 4.99 Å². The number of carbonyl (C=O) groups excluding carboxylic acids is 2. The molecule has 0 N–H and O–H groups in total. The van der Waals surface area contributed by atoms with Gasteiger partial charge in [0.2, 0.25) is 5.90 Å². The number of methoxy groups -OCH3 is 2. The smallest absolute Gasteiger partial charge is 0.363 e. The number of rotatable bonds is 6. The van der Waals surface area contributed by atoms with Crippen LogP contribution in [0.3, 0.4) is 0 Å². The van der Waals surface area contributed by atoms with E-state index in [4.69, 9.17) is 30.5 Å². The Labute approximate surface area is 194 Å². The zero-order valence-corrected chi connectivity index (χ0v) is 18.5. The average molecular weight is 464 g/mol. The number of ether oxygens (including phenoxy) is 4. The van der Waals surface area contributed by atoms with E-state index in [1.54, 1.807) is 60.7 Å². The summed E-state index contributed by atoms with van der Waals surface area (Å²) in [5.74, 6) is -0.00448. The fourth-order valence-corrected chi connectivity index (χ4v) is 3.29. The van der Waals surface area contributed by atoms with Gasteiger partial charge in [-0.1, -0.05) is 35.9 Å². The van der Waals surface area contributed by atoms with E-state index in [-0.39, 0.29) is 17.3 Å². The molecule has 0 saturated heterocycles. The van der Waals surface area contributed by atoms with Crippen LogP contribution in [0.15, 0.2) is 77.4 Å². The number of nitrogens with zero attached hydrogens (tertiary/aromatic N) is 1. The number of halogens is 1. The Hall–Kier alpha value is -4.10. The summed E-state index contributed by atoms with van der Waals surface area (Å²) in [6, 6.07) is 18.4. The Morgan fingerprint density at radius 3 is 2.39 bits per heavy atom. The third kappa shape index (κ3) is 4.88. The van der Waals surface area contributed by atoms with Gasteiger partial charge in [-0.15, -0.1) is 0 Å². The predicted octanol–water partition coefficient (Wildman–Crippen LogP) is 4.92. The molecule has 1 aliphatic rings. The molecule has 0 atom stereocenters. The standard InChI is InChI=1S/C25H18ClNO6/c1-30-20-11-9-17(26)14-18(20)23-27-19(25(29)33-23)12-15-8-10-21(22(13-15)31-2)32-24(28)16-6-4-3-5-7-16/h3-14H,1-2H3/b19-12+. The van der Waals surface area contributed by atoms with Crippen molar-refractivity contribution in [2.45, 2.75) is 0 Å². The van der Waals surface area contributed by atoms with Crippen LogP contribution >= 0.6 is 11.6 Å². The summed E-state index contributed by atoms with van der Waals surface area (Å²) in [6.45, 7) is 0. The lowest BCUT2D eigenvalue weighted by Gasteiger charge is -2.10.